The van der Waals surface area contributed by atoms with Gasteiger partial charge in [-0.2, -0.15) is 0 Å². The van der Waals surface area contributed by atoms with Gasteiger partial charge >= 0.3 is 0 Å². The summed E-state index contributed by atoms with van der Waals surface area (Å²) in [5, 5.41) is 10.9. The number of likely N-dealkylation sites (N-methyl/N-ethyl adjacent to an activating group) is 1. The fraction of sp³-hybridized carbons (Fsp3) is 0.421. The van der Waals surface area contributed by atoms with Gasteiger partial charge in [0.2, 0.25) is 5.91 Å². The van der Waals surface area contributed by atoms with Crippen LogP contribution in [0.3, 0.4) is 0 Å². The highest BCUT2D eigenvalue weighted by Crippen LogP contribution is 2.24. The number of pyridine rings is 2. The van der Waals surface area contributed by atoms with E-state index < -0.39 is 0 Å². The third-order valence-electron chi connectivity index (χ3n) is 5.02. The third-order valence-corrected chi connectivity index (χ3v) is 5.88. The Morgan fingerprint density at radius 2 is 2.15 bits per heavy atom. The highest BCUT2D eigenvalue weighted by atomic mass is 32.1. The average Bonchev–Trinajstić information content (AvgIpc) is 3.09. The van der Waals surface area contributed by atoms with Crippen LogP contribution in [0, 0.1) is 6.92 Å². The Kier molecular flexibility index (Phi) is 4.84. The zero-order valence-electron chi connectivity index (χ0n) is 15.7. The van der Waals surface area contributed by atoms with Crippen molar-refractivity contribution in [3.63, 3.8) is 0 Å². The van der Waals surface area contributed by atoms with Crippen LogP contribution in [0.15, 0.2) is 24.4 Å². The van der Waals surface area contributed by atoms with Crippen molar-refractivity contribution in [3.8, 4) is 10.7 Å². The molecule has 1 aliphatic rings. The van der Waals surface area contributed by atoms with Gasteiger partial charge in [0, 0.05) is 37.3 Å². The SMILES string of the molecule is Cc1nnc(-c2ccc3cnc(CC(=O)N4CCN(C)[C@H](C)C4)cc3n2)s1. The van der Waals surface area contributed by atoms with Gasteiger partial charge in [0.15, 0.2) is 5.01 Å². The molecular formula is C19H22N6OS. The molecule has 0 aliphatic carbocycles. The van der Waals surface area contributed by atoms with Crippen molar-refractivity contribution in [2.75, 3.05) is 26.7 Å². The molecule has 27 heavy (non-hydrogen) atoms. The number of amides is 1. The van der Waals surface area contributed by atoms with Gasteiger partial charge in [-0.05, 0) is 39.1 Å². The lowest BCUT2D eigenvalue weighted by Crippen LogP contribution is -2.52. The highest BCUT2D eigenvalue weighted by molar-refractivity contribution is 7.14. The van der Waals surface area contributed by atoms with Crippen LogP contribution in [-0.2, 0) is 11.2 Å². The van der Waals surface area contributed by atoms with E-state index in [0.717, 1.165) is 51.9 Å². The maximum absolute atomic E-state index is 12.7. The zero-order valence-corrected chi connectivity index (χ0v) is 16.5. The molecule has 0 spiro atoms. The second-order valence-corrected chi connectivity index (χ2v) is 8.22. The molecule has 0 N–H and O–H groups in total. The summed E-state index contributed by atoms with van der Waals surface area (Å²) >= 11 is 1.52. The van der Waals surface area contributed by atoms with Crippen molar-refractivity contribution >= 4 is 28.1 Å². The average molecular weight is 382 g/mol. The molecule has 4 rings (SSSR count). The summed E-state index contributed by atoms with van der Waals surface area (Å²) < 4.78 is 0. The standard InChI is InChI=1S/C19H22N6OS/c1-12-11-25(7-6-24(12)3)18(26)9-15-8-17-14(10-20-15)4-5-16(21-17)19-23-22-13(2)27-19/h4-5,8,10,12H,6-7,9,11H2,1-3H3/t12-/m1/s1. The maximum Gasteiger partial charge on any atom is 0.228 e. The Hall–Kier alpha value is -2.45. The van der Waals surface area contributed by atoms with Gasteiger partial charge in [0.05, 0.1) is 17.6 Å². The number of hydrogen-bond donors (Lipinski definition) is 0. The van der Waals surface area contributed by atoms with Crippen LogP contribution < -0.4 is 0 Å². The van der Waals surface area contributed by atoms with Crippen LogP contribution in [0.5, 0.6) is 0 Å². The molecule has 3 aromatic rings. The molecule has 8 heteroatoms. The van der Waals surface area contributed by atoms with E-state index in [0.29, 0.717) is 12.5 Å². The van der Waals surface area contributed by atoms with Crippen molar-refractivity contribution in [2.45, 2.75) is 26.3 Å². The van der Waals surface area contributed by atoms with Crippen molar-refractivity contribution < 1.29 is 4.79 Å². The quantitative estimate of drug-likeness (QED) is 0.691. The van der Waals surface area contributed by atoms with Crippen molar-refractivity contribution in [2.24, 2.45) is 0 Å². The zero-order chi connectivity index (χ0) is 19.0. The normalized spacial score (nSPS) is 18.2. The summed E-state index contributed by atoms with van der Waals surface area (Å²) in [5.41, 5.74) is 2.37. The van der Waals surface area contributed by atoms with Gasteiger partial charge < -0.3 is 9.80 Å². The lowest BCUT2D eigenvalue weighted by molar-refractivity contribution is -0.133. The molecule has 1 atom stereocenters. The predicted molar refractivity (Wildman–Crippen MR) is 106 cm³/mol. The Morgan fingerprint density at radius 1 is 1.30 bits per heavy atom. The monoisotopic (exact) mass is 382 g/mol. The van der Waals surface area contributed by atoms with Crippen LogP contribution in [0.4, 0.5) is 0 Å². The van der Waals surface area contributed by atoms with Gasteiger partial charge in [-0.15, -0.1) is 10.2 Å². The van der Waals surface area contributed by atoms with E-state index in [9.17, 15) is 4.79 Å². The summed E-state index contributed by atoms with van der Waals surface area (Å²) in [4.78, 5) is 26.0. The Bertz CT molecular complexity index is 987. The Balaban J connectivity index is 1.54. The lowest BCUT2D eigenvalue weighted by atomic mass is 10.1. The first kappa shape index (κ1) is 17.9. The number of nitrogens with zero attached hydrogens (tertiary/aromatic N) is 6. The minimum absolute atomic E-state index is 0.123. The second kappa shape index (κ2) is 7.28. The lowest BCUT2D eigenvalue weighted by Gasteiger charge is -2.37. The molecule has 0 radical (unpaired) electrons. The molecule has 0 unspecified atom stereocenters. The molecule has 1 saturated heterocycles. The summed E-state index contributed by atoms with van der Waals surface area (Å²) in [6.07, 6.45) is 2.09. The van der Waals surface area contributed by atoms with E-state index in [1.54, 1.807) is 6.20 Å². The smallest absolute Gasteiger partial charge is 0.228 e. The van der Waals surface area contributed by atoms with E-state index in [4.69, 9.17) is 4.98 Å². The Labute approximate surface area is 162 Å². The molecule has 1 amide bonds. The van der Waals surface area contributed by atoms with Crippen molar-refractivity contribution in [1.82, 2.24) is 30.0 Å². The number of aromatic nitrogens is 4. The van der Waals surface area contributed by atoms with E-state index in [1.807, 2.05) is 30.0 Å². The largest absolute Gasteiger partial charge is 0.340 e. The topological polar surface area (TPSA) is 75.1 Å². The molecule has 0 bridgehead atoms. The van der Waals surface area contributed by atoms with Crippen LogP contribution in [0.1, 0.15) is 17.6 Å². The van der Waals surface area contributed by atoms with E-state index in [-0.39, 0.29) is 5.91 Å². The van der Waals surface area contributed by atoms with Gasteiger partial charge in [0.25, 0.3) is 0 Å². The number of fused-ring (bicyclic) bond motifs is 1. The molecule has 1 fully saturated rings. The molecular weight excluding hydrogens is 360 g/mol. The van der Waals surface area contributed by atoms with Gasteiger partial charge in [-0.25, -0.2) is 4.98 Å². The third kappa shape index (κ3) is 3.81. The fourth-order valence-electron chi connectivity index (χ4n) is 3.22. The van der Waals surface area contributed by atoms with E-state index >= 15 is 0 Å². The first-order valence-electron chi connectivity index (χ1n) is 9.04. The van der Waals surface area contributed by atoms with Gasteiger partial charge in [0.1, 0.15) is 10.7 Å². The number of carbonyl (C=O) groups is 1. The molecule has 140 valence electrons. The number of rotatable bonds is 3. The van der Waals surface area contributed by atoms with Crippen molar-refractivity contribution in [3.05, 3.63) is 35.1 Å². The fourth-order valence-corrected chi connectivity index (χ4v) is 3.88. The summed E-state index contributed by atoms with van der Waals surface area (Å²) in [6, 6.07) is 6.20. The minimum atomic E-state index is 0.123. The highest BCUT2D eigenvalue weighted by Gasteiger charge is 2.24. The van der Waals surface area contributed by atoms with Crippen LogP contribution in [0.25, 0.3) is 21.6 Å². The number of piperazine rings is 1. The molecule has 0 saturated carbocycles. The van der Waals surface area contributed by atoms with E-state index in [1.165, 1.54) is 11.3 Å². The molecule has 0 aromatic carbocycles. The van der Waals surface area contributed by atoms with E-state index in [2.05, 4.69) is 34.1 Å². The Morgan fingerprint density at radius 3 is 2.89 bits per heavy atom. The van der Waals surface area contributed by atoms with Gasteiger partial charge in [-0.3, -0.25) is 9.78 Å². The minimum Gasteiger partial charge on any atom is -0.340 e. The maximum atomic E-state index is 12.7. The summed E-state index contributed by atoms with van der Waals surface area (Å²) in [7, 11) is 2.10. The molecule has 1 aliphatic heterocycles. The van der Waals surface area contributed by atoms with Crippen molar-refractivity contribution in [1.29, 1.82) is 0 Å². The van der Waals surface area contributed by atoms with Crippen LogP contribution >= 0.6 is 11.3 Å². The number of hydrogen-bond acceptors (Lipinski definition) is 7. The first-order valence-corrected chi connectivity index (χ1v) is 9.85. The second-order valence-electron chi connectivity index (χ2n) is 7.04. The molecule has 4 heterocycles. The predicted octanol–water partition coefficient (Wildman–Crippen LogP) is 2.16. The summed E-state index contributed by atoms with van der Waals surface area (Å²) in [6.45, 7) is 6.52. The van der Waals surface area contributed by atoms with Crippen LogP contribution in [-0.4, -0.2) is 68.6 Å². The van der Waals surface area contributed by atoms with Gasteiger partial charge in [-0.1, -0.05) is 11.3 Å². The molecule has 3 aromatic heterocycles. The number of aryl methyl sites for hydroxylation is 1. The molecule has 7 nitrogen and oxygen atoms in total. The van der Waals surface area contributed by atoms with Crippen LogP contribution in [0.2, 0.25) is 0 Å². The summed E-state index contributed by atoms with van der Waals surface area (Å²) in [5.74, 6) is 0.123. The first-order chi connectivity index (χ1) is 13.0. The number of carbonyl (C=O) groups excluding carboxylic acids is 1.